The van der Waals surface area contributed by atoms with Gasteiger partial charge in [-0.3, -0.25) is 9.69 Å². The van der Waals surface area contributed by atoms with E-state index >= 15 is 0 Å². The lowest BCUT2D eigenvalue weighted by Gasteiger charge is -2.20. The second-order valence-corrected chi connectivity index (χ2v) is 9.54. The standard InChI is InChI=1S/C21H27N3O5S/c1-23(2)30(27,28)20-10-6-5-9-19(20)29-15-21(26)22-11-18(25)14-24-12-16-7-3-4-8-17(16)13-24/h3-10,18,25H,11-15H2,1-2H3,(H,22,26)/t18-/m1/s1. The molecule has 0 unspecified atom stereocenters. The number of rotatable bonds is 9. The van der Waals surface area contributed by atoms with Crippen LogP contribution < -0.4 is 10.1 Å². The number of para-hydroxylation sites is 1. The molecule has 0 aromatic heterocycles. The van der Waals surface area contributed by atoms with Crippen molar-refractivity contribution in [3.8, 4) is 5.75 Å². The molecular formula is C21H27N3O5S. The summed E-state index contributed by atoms with van der Waals surface area (Å²) in [5.41, 5.74) is 2.52. The van der Waals surface area contributed by atoms with Crippen LogP contribution in [-0.2, 0) is 27.9 Å². The lowest BCUT2D eigenvalue weighted by molar-refractivity contribution is -0.123. The summed E-state index contributed by atoms with van der Waals surface area (Å²) in [6, 6.07) is 14.3. The number of aliphatic hydroxyl groups is 1. The molecule has 2 N–H and O–H groups in total. The first kappa shape index (κ1) is 22.2. The van der Waals surface area contributed by atoms with Gasteiger partial charge in [-0.05, 0) is 23.3 Å². The van der Waals surface area contributed by atoms with E-state index in [0.29, 0.717) is 6.54 Å². The number of carbonyl (C=O) groups is 1. The summed E-state index contributed by atoms with van der Waals surface area (Å²) < 4.78 is 31.3. The fourth-order valence-corrected chi connectivity index (χ4v) is 4.33. The first-order valence-corrected chi connectivity index (χ1v) is 11.1. The molecule has 9 heteroatoms. The number of nitrogens with one attached hydrogen (secondary N) is 1. The molecule has 3 rings (SSSR count). The summed E-state index contributed by atoms with van der Waals surface area (Å²) in [6.45, 7) is 1.75. The summed E-state index contributed by atoms with van der Waals surface area (Å²) in [5.74, 6) is -0.326. The lowest BCUT2D eigenvalue weighted by atomic mass is 10.1. The molecule has 0 spiro atoms. The van der Waals surface area contributed by atoms with E-state index in [1.54, 1.807) is 12.1 Å². The zero-order valence-corrected chi connectivity index (χ0v) is 17.9. The molecule has 0 radical (unpaired) electrons. The molecule has 0 fully saturated rings. The number of β-amino-alcohol motifs (C(OH)–C–C–N with tert-alkyl or cyclic N) is 1. The van der Waals surface area contributed by atoms with E-state index in [0.717, 1.165) is 17.4 Å². The van der Waals surface area contributed by atoms with Crippen molar-refractivity contribution < 1.29 is 23.1 Å². The third kappa shape index (κ3) is 5.37. The molecule has 30 heavy (non-hydrogen) atoms. The third-order valence-corrected chi connectivity index (χ3v) is 6.73. The lowest BCUT2D eigenvalue weighted by Crippen LogP contribution is -2.40. The monoisotopic (exact) mass is 433 g/mol. The molecule has 1 aliphatic rings. The van der Waals surface area contributed by atoms with E-state index in [9.17, 15) is 18.3 Å². The van der Waals surface area contributed by atoms with Crippen LogP contribution in [0.4, 0.5) is 0 Å². The van der Waals surface area contributed by atoms with Crippen LogP contribution in [0, 0.1) is 0 Å². The minimum Gasteiger partial charge on any atom is -0.482 e. The highest BCUT2D eigenvalue weighted by Crippen LogP contribution is 2.25. The van der Waals surface area contributed by atoms with Gasteiger partial charge in [0.05, 0.1) is 6.10 Å². The molecule has 8 nitrogen and oxygen atoms in total. The average Bonchev–Trinajstić information content (AvgIpc) is 3.13. The van der Waals surface area contributed by atoms with Crippen molar-refractivity contribution in [3.63, 3.8) is 0 Å². The minimum absolute atomic E-state index is 0.00330. The molecule has 162 valence electrons. The van der Waals surface area contributed by atoms with Gasteiger partial charge in [0.25, 0.3) is 5.91 Å². The number of fused-ring (bicyclic) bond motifs is 1. The zero-order valence-electron chi connectivity index (χ0n) is 17.1. The Morgan fingerprint density at radius 3 is 2.37 bits per heavy atom. The number of carbonyl (C=O) groups excluding carboxylic acids is 1. The second kappa shape index (κ2) is 9.57. The first-order chi connectivity index (χ1) is 14.3. The number of benzene rings is 2. The summed E-state index contributed by atoms with van der Waals surface area (Å²) in [5, 5.41) is 12.9. The van der Waals surface area contributed by atoms with Crippen molar-refractivity contribution in [2.75, 3.05) is 33.8 Å². The minimum atomic E-state index is -3.69. The Balaban J connectivity index is 1.46. The number of sulfonamides is 1. The van der Waals surface area contributed by atoms with Crippen LogP contribution in [0.25, 0.3) is 0 Å². The number of aliphatic hydroxyl groups excluding tert-OH is 1. The Morgan fingerprint density at radius 1 is 1.13 bits per heavy atom. The van der Waals surface area contributed by atoms with E-state index in [-0.39, 0.29) is 23.8 Å². The fraction of sp³-hybridized carbons (Fsp3) is 0.381. The van der Waals surface area contributed by atoms with Crippen LogP contribution in [-0.4, -0.2) is 68.5 Å². The maximum atomic E-state index is 12.4. The van der Waals surface area contributed by atoms with Gasteiger partial charge in [-0.2, -0.15) is 0 Å². The summed E-state index contributed by atoms with van der Waals surface area (Å²) in [7, 11) is -0.827. The van der Waals surface area contributed by atoms with Crippen LogP contribution in [0.15, 0.2) is 53.4 Å². The Morgan fingerprint density at radius 2 is 1.73 bits per heavy atom. The van der Waals surface area contributed by atoms with Gasteiger partial charge in [0, 0.05) is 40.3 Å². The first-order valence-electron chi connectivity index (χ1n) is 9.65. The quantitative estimate of drug-likeness (QED) is 0.607. The summed E-state index contributed by atoms with van der Waals surface area (Å²) in [6.07, 6.45) is -0.718. The molecule has 0 saturated carbocycles. The van der Waals surface area contributed by atoms with Crippen molar-refractivity contribution in [2.45, 2.75) is 24.1 Å². The van der Waals surface area contributed by atoms with Crippen molar-refractivity contribution in [1.29, 1.82) is 0 Å². The highest BCUT2D eigenvalue weighted by molar-refractivity contribution is 7.89. The van der Waals surface area contributed by atoms with Crippen LogP contribution in [0.5, 0.6) is 5.75 Å². The highest BCUT2D eigenvalue weighted by Gasteiger charge is 2.23. The Bertz CT molecular complexity index is 969. The second-order valence-electron chi connectivity index (χ2n) is 7.42. The number of hydrogen-bond acceptors (Lipinski definition) is 6. The summed E-state index contributed by atoms with van der Waals surface area (Å²) in [4.78, 5) is 14.2. The Labute approximate surface area is 177 Å². The van der Waals surface area contributed by atoms with Gasteiger partial charge < -0.3 is 15.2 Å². The van der Waals surface area contributed by atoms with Gasteiger partial charge in [-0.15, -0.1) is 0 Å². The van der Waals surface area contributed by atoms with Crippen molar-refractivity contribution in [2.24, 2.45) is 0 Å². The topological polar surface area (TPSA) is 99.2 Å². The fourth-order valence-electron chi connectivity index (χ4n) is 3.30. The number of ether oxygens (including phenoxy) is 1. The Kier molecular flexibility index (Phi) is 7.09. The average molecular weight is 434 g/mol. The molecule has 1 aliphatic heterocycles. The SMILES string of the molecule is CN(C)S(=O)(=O)c1ccccc1OCC(=O)NC[C@@H](O)CN1Cc2ccccc2C1. The predicted octanol–water partition coefficient (Wildman–Crippen LogP) is 0.809. The van der Waals surface area contributed by atoms with E-state index in [2.05, 4.69) is 22.3 Å². The van der Waals surface area contributed by atoms with E-state index in [1.807, 2.05) is 12.1 Å². The van der Waals surface area contributed by atoms with Crippen LogP contribution in [0.2, 0.25) is 0 Å². The van der Waals surface area contributed by atoms with Gasteiger partial charge in [-0.25, -0.2) is 12.7 Å². The maximum absolute atomic E-state index is 12.4. The van der Waals surface area contributed by atoms with Gasteiger partial charge in [-0.1, -0.05) is 36.4 Å². The van der Waals surface area contributed by atoms with Gasteiger partial charge in [0.2, 0.25) is 10.0 Å². The van der Waals surface area contributed by atoms with Gasteiger partial charge >= 0.3 is 0 Å². The predicted molar refractivity (Wildman–Crippen MR) is 112 cm³/mol. The normalized spacial score (nSPS) is 15.1. The van der Waals surface area contributed by atoms with E-state index < -0.39 is 22.0 Å². The van der Waals surface area contributed by atoms with Crippen LogP contribution in [0.3, 0.4) is 0 Å². The van der Waals surface area contributed by atoms with E-state index in [4.69, 9.17) is 4.74 Å². The number of amides is 1. The highest BCUT2D eigenvalue weighted by atomic mass is 32.2. The van der Waals surface area contributed by atoms with Crippen molar-refractivity contribution in [1.82, 2.24) is 14.5 Å². The van der Waals surface area contributed by atoms with Crippen LogP contribution >= 0.6 is 0 Å². The molecule has 2 aromatic rings. The smallest absolute Gasteiger partial charge is 0.258 e. The van der Waals surface area contributed by atoms with Gasteiger partial charge in [0.15, 0.2) is 6.61 Å². The molecular weight excluding hydrogens is 406 g/mol. The largest absolute Gasteiger partial charge is 0.482 e. The maximum Gasteiger partial charge on any atom is 0.258 e. The molecule has 2 aromatic carbocycles. The van der Waals surface area contributed by atoms with E-state index in [1.165, 1.54) is 37.4 Å². The molecule has 0 bridgehead atoms. The van der Waals surface area contributed by atoms with Crippen LogP contribution in [0.1, 0.15) is 11.1 Å². The molecule has 0 aliphatic carbocycles. The molecule has 1 atom stereocenters. The molecule has 1 amide bonds. The molecule has 1 heterocycles. The third-order valence-electron chi connectivity index (χ3n) is 4.88. The molecule has 0 saturated heterocycles. The van der Waals surface area contributed by atoms with Crippen molar-refractivity contribution in [3.05, 3.63) is 59.7 Å². The Hall–Kier alpha value is -2.46. The van der Waals surface area contributed by atoms with Crippen molar-refractivity contribution >= 4 is 15.9 Å². The summed E-state index contributed by atoms with van der Waals surface area (Å²) >= 11 is 0. The van der Waals surface area contributed by atoms with Gasteiger partial charge in [0.1, 0.15) is 10.6 Å². The number of hydrogen-bond donors (Lipinski definition) is 2. The zero-order chi connectivity index (χ0) is 21.7. The number of nitrogens with zero attached hydrogens (tertiary/aromatic N) is 2.